The van der Waals surface area contributed by atoms with Crippen LogP contribution in [0.15, 0.2) is 36.4 Å². The van der Waals surface area contributed by atoms with Gasteiger partial charge in [0, 0.05) is 23.1 Å². The molecular weight excluding hydrogens is 375 g/mol. The fourth-order valence-corrected chi connectivity index (χ4v) is 2.96. The van der Waals surface area contributed by atoms with Crippen LogP contribution in [-0.2, 0) is 12.8 Å². The number of ether oxygens (including phenoxy) is 2. The highest BCUT2D eigenvalue weighted by Crippen LogP contribution is 2.27. The first-order valence-corrected chi connectivity index (χ1v) is 8.95. The van der Waals surface area contributed by atoms with Crippen LogP contribution in [0, 0.1) is 0 Å². The molecule has 0 aliphatic carbocycles. The molecule has 0 aliphatic heterocycles. The van der Waals surface area contributed by atoms with Crippen LogP contribution in [0.5, 0.6) is 11.5 Å². The Bertz CT molecular complexity index is 754. The molecule has 0 aliphatic rings. The van der Waals surface area contributed by atoms with Gasteiger partial charge in [-0.25, -0.2) is 4.79 Å². The maximum atomic E-state index is 11.9. The first-order valence-electron chi connectivity index (χ1n) is 8.20. The SMILES string of the molecule is COc1ccc(CCNC(=O)NCCc2ccc(Cl)cc2Cl)cc1OC. The van der Waals surface area contributed by atoms with E-state index in [0.717, 1.165) is 11.1 Å². The molecule has 0 saturated heterocycles. The Morgan fingerprint density at radius 3 is 2.27 bits per heavy atom. The highest BCUT2D eigenvalue weighted by atomic mass is 35.5. The van der Waals surface area contributed by atoms with Gasteiger partial charge in [0.1, 0.15) is 0 Å². The molecule has 0 radical (unpaired) electrons. The smallest absolute Gasteiger partial charge is 0.314 e. The molecule has 26 heavy (non-hydrogen) atoms. The Morgan fingerprint density at radius 2 is 1.62 bits per heavy atom. The molecule has 0 bridgehead atoms. The molecule has 140 valence electrons. The number of carbonyl (C=O) groups excluding carboxylic acids is 1. The molecule has 0 unspecified atom stereocenters. The molecule has 2 amide bonds. The lowest BCUT2D eigenvalue weighted by Crippen LogP contribution is -2.37. The molecule has 5 nitrogen and oxygen atoms in total. The van der Waals surface area contributed by atoms with Crippen molar-refractivity contribution < 1.29 is 14.3 Å². The fraction of sp³-hybridized carbons (Fsp3) is 0.316. The molecule has 0 atom stereocenters. The lowest BCUT2D eigenvalue weighted by atomic mass is 10.1. The number of methoxy groups -OCH3 is 2. The second-order valence-electron chi connectivity index (χ2n) is 5.61. The Labute approximate surface area is 163 Å². The van der Waals surface area contributed by atoms with E-state index >= 15 is 0 Å². The van der Waals surface area contributed by atoms with Gasteiger partial charge in [0.15, 0.2) is 11.5 Å². The number of halogens is 2. The molecule has 0 spiro atoms. The molecule has 0 heterocycles. The summed E-state index contributed by atoms with van der Waals surface area (Å²) >= 11 is 12.0. The number of carbonyl (C=O) groups is 1. The quantitative estimate of drug-likeness (QED) is 0.705. The molecule has 0 fully saturated rings. The van der Waals surface area contributed by atoms with Crippen LogP contribution in [0.25, 0.3) is 0 Å². The Morgan fingerprint density at radius 1 is 0.923 bits per heavy atom. The average molecular weight is 397 g/mol. The number of nitrogens with one attached hydrogen (secondary N) is 2. The van der Waals surface area contributed by atoms with Gasteiger partial charge in [-0.05, 0) is 48.2 Å². The second kappa shape index (κ2) is 10.1. The fourth-order valence-electron chi connectivity index (χ4n) is 2.45. The minimum atomic E-state index is -0.212. The number of hydrogen-bond acceptors (Lipinski definition) is 3. The van der Waals surface area contributed by atoms with E-state index in [-0.39, 0.29) is 6.03 Å². The van der Waals surface area contributed by atoms with Crippen LogP contribution >= 0.6 is 23.2 Å². The van der Waals surface area contributed by atoms with Crippen molar-refractivity contribution in [3.05, 3.63) is 57.6 Å². The van der Waals surface area contributed by atoms with E-state index in [1.807, 2.05) is 24.3 Å². The molecule has 2 aromatic rings. The number of urea groups is 1. The van der Waals surface area contributed by atoms with Crippen LogP contribution in [-0.4, -0.2) is 33.3 Å². The maximum absolute atomic E-state index is 11.9. The average Bonchev–Trinajstić information content (AvgIpc) is 2.63. The Hall–Kier alpha value is -2.11. The number of benzene rings is 2. The molecule has 2 aromatic carbocycles. The van der Waals surface area contributed by atoms with Crippen molar-refractivity contribution in [3.8, 4) is 11.5 Å². The minimum Gasteiger partial charge on any atom is -0.493 e. The highest BCUT2D eigenvalue weighted by Gasteiger charge is 2.06. The predicted molar refractivity (Wildman–Crippen MR) is 105 cm³/mol. The first kappa shape index (κ1) is 20.2. The van der Waals surface area contributed by atoms with Gasteiger partial charge in [-0.15, -0.1) is 0 Å². The molecular formula is C19H22Cl2N2O3. The first-order chi connectivity index (χ1) is 12.5. The standard InChI is InChI=1S/C19H22Cl2N2O3/c1-25-17-6-3-13(11-18(17)26-2)7-9-22-19(24)23-10-8-14-4-5-15(20)12-16(14)21/h3-6,11-12H,7-10H2,1-2H3,(H2,22,23,24). The third-order valence-corrected chi connectivity index (χ3v) is 4.43. The second-order valence-corrected chi connectivity index (χ2v) is 6.45. The summed E-state index contributed by atoms with van der Waals surface area (Å²) in [5, 5.41) is 6.85. The van der Waals surface area contributed by atoms with E-state index in [0.29, 0.717) is 47.5 Å². The minimum absolute atomic E-state index is 0.212. The van der Waals surface area contributed by atoms with Gasteiger partial charge >= 0.3 is 6.03 Å². The van der Waals surface area contributed by atoms with Crippen molar-refractivity contribution in [2.75, 3.05) is 27.3 Å². The van der Waals surface area contributed by atoms with Gasteiger partial charge in [-0.1, -0.05) is 35.3 Å². The predicted octanol–water partition coefficient (Wildman–Crippen LogP) is 4.10. The van der Waals surface area contributed by atoms with Crippen molar-refractivity contribution in [2.24, 2.45) is 0 Å². The van der Waals surface area contributed by atoms with Crippen molar-refractivity contribution >= 4 is 29.2 Å². The van der Waals surface area contributed by atoms with Gasteiger partial charge in [0.25, 0.3) is 0 Å². The summed E-state index contributed by atoms with van der Waals surface area (Å²) in [5.74, 6) is 1.36. The van der Waals surface area contributed by atoms with Gasteiger partial charge in [-0.3, -0.25) is 0 Å². The summed E-state index contributed by atoms with van der Waals surface area (Å²) in [7, 11) is 3.20. The van der Waals surface area contributed by atoms with Gasteiger partial charge in [0.2, 0.25) is 0 Å². The van der Waals surface area contributed by atoms with E-state index < -0.39 is 0 Å². The van der Waals surface area contributed by atoms with E-state index in [4.69, 9.17) is 32.7 Å². The van der Waals surface area contributed by atoms with Crippen molar-refractivity contribution in [1.29, 1.82) is 0 Å². The van der Waals surface area contributed by atoms with E-state index in [1.54, 1.807) is 26.4 Å². The van der Waals surface area contributed by atoms with Crippen LogP contribution in [0.2, 0.25) is 10.0 Å². The summed E-state index contributed by atoms with van der Waals surface area (Å²) in [5.41, 5.74) is 2.00. The van der Waals surface area contributed by atoms with Crippen molar-refractivity contribution in [2.45, 2.75) is 12.8 Å². The van der Waals surface area contributed by atoms with Crippen LogP contribution in [0.1, 0.15) is 11.1 Å². The zero-order chi connectivity index (χ0) is 18.9. The van der Waals surface area contributed by atoms with E-state index in [2.05, 4.69) is 10.6 Å². The largest absolute Gasteiger partial charge is 0.493 e. The van der Waals surface area contributed by atoms with Crippen LogP contribution < -0.4 is 20.1 Å². The van der Waals surface area contributed by atoms with Crippen molar-refractivity contribution in [1.82, 2.24) is 10.6 Å². The van der Waals surface area contributed by atoms with E-state index in [9.17, 15) is 4.79 Å². The lowest BCUT2D eigenvalue weighted by molar-refractivity contribution is 0.241. The molecule has 7 heteroatoms. The molecule has 2 rings (SSSR count). The number of amides is 2. The van der Waals surface area contributed by atoms with Crippen LogP contribution in [0.4, 0.5) is 4.79 Å². The molecule has 0 saturated carbocycles. The third kappa shape index (κ3) is 6.00. The normalized spacial score (nSPS) is 10.3. The molecule has 2 N–H and O–H groups in total. The number of rotatable bonds is 8. The van der Waals surface area contributed by atoms with Gasteiger partial charge in [-0.2, -0.15) is 0 Å². The summed E-state index contributed by atoms with van der Waals surface area (Å²) in [6.45, 7) is 1.01. The summed E-state index contributed by atoms with van der Waals surface area (Å²) in [6, 6.07) is 10.8. The van der Waals surface area contributed by atoms with E-state index in [1.165, 1.54) is 0 Å². The topological polar surface area (TPSA) is 59.6 Å². The van der Waals surface area contributed by atoms with Gasteiger partial charge < -0.3 is 20.1 Å². The third-order valence-electron chi connectivity index (χ3n) is 3.84. The Balaban J connectivity index is 1.72. The molecule has 0 aromatic heterocycles. The summed E-state index contributed by atoms with van der Waals surface area (Å²) in [6.07, 6.45) is 1.33. The summed E-state index contributed by atoms with van der Waals surface area (Å²) < 4.78 is 10.5. The van der Waals surface area contributed by atoms with Crippen molar-refractivity contribution in [3.63, 3.8) is 0 Å². The highest BCUT2D eigenvalue weighted by molar-refractivity contribution is 6.35. The van der Waals surface area contributed by atoms with Gasteiger partial charge in [0.05, 0.1) is 14.2 Å². The Kier molecular flexibility index (Phi) is 7.88. The van der Waals surface area contributed by atoms with Crippen LogP contribution in [0.3, 0.4) is 0 Å². The number of hydrogen-bond donors (Lipinski definition) is 2. The maximum Gasteiger partial charge on any atom is 0.314 e. The zero-order valence-electron chi connectivity index (χ0n) is 14.8. The lowest BCUT2D eigenvalue weighted by Gasteiger charge is -2.11. The summed E-state index contributed by atoms with van der Waals surface area (Å²) in [4.78, 5) is 11.9. The zero-order valence-corrected chi connectivity index (χ0v) is 16.3. The monoisotopic (exact) mass is 396 g/mol.